The quantitative estimate of drug-likeness (QED) is 0.819. The number of nitrogen functional groups attached to an aromatic ring is 1. The summed E-state index contributed by atoms with van der Waals surface area (Å²) in [5, 5.41) is 0. The molecule has 1 aromatic carbocycles. The molecule has 0 amide bonds. The van der Waals surface area contributed by atoms with Crippen molar-refractivity contribution < 1.29 is 0 Å². The molecule has 1 aromatic rings. The molecule has 0 spiro atoms. The molecule has 2 N–H and O–H groups in total. The smallest absolute Gasteiger partial charge is 0.0633 e. The van der Waals surface area contributed by atoms with Crippen molar-refractivity contribution in [2.45, 2.75) is 6.42 Å². The Morgan fingerprint density at radius 3 is 2.63 bits per heavy atom. The Hall–Kier alpha value is -1.26. The lowest BCUT2D eigenvalue weighted by atomic mass is 10.1. The van der Waals surface area contributed by atoms with Crippen molar-refractivity contribution in [2.24, 2.45) is 0 Å². The molecule has 0 bridgehead atoms. The molecule has 0 aromatic heterocycles. The molecule has 0 aliphatic carbocycles. The van der Waals surface area contributed by atoms with Crippen molar-refractivity contribution >= 4 is 11.4 Å². The molecular weight excluding hydrogens is 236 g/mol. The highest BCUT2D eigenvalue weighted by molar-refractivity contribution is 5.74. The number of nitrogens with zero attached hydrogens (tertiary/aromatic N) is 3. The number of fused-ring (bicyclic) bond motifs is 1. The standard InChI is InChI=1S/C15H24N4/c1-17-7-9-18(10-8-17)11-12-19-6-5-13-3-2-4-14(16)15(13)19/h2-4H,5-12,16H2,1H3. The van der Waals surface area contributed by atoms with Crippen LogP contribution in [0.4, 0.5) is 11.4 Å². The van der Waals surface area contributed by atoms with Gasteiger partial charge in [0.05, 0.1) is 11.4 Å². The Kier molecular flexibility index (Phi) is 3.62. The van der Waals surface area contributed by atoms with E-state index < -0.39 is 0 Å². The maximum Gasteiger partial charge on any atom is 0.0633 e. The lowest BCUT2D eigenvalue weighted by molar-refractivity contribution is 0.157. The third kappa shape index (κ3) is 2.69. The third-order valence-electron chi connectivity index (χ3n) is 4.40. The number of anilines is 2. The molecule has 2 heterocycles. The van der Waals surface area contributed by atoms with Gasteiger partial charge in [0.2, 0.25) is 0 Å². The van der Waals surface area contributed by atoms with Gasteiger partial charge in [-0.3, -0.25) is 4.90 Å². The van der Waals surface area contributed by atoms with E-state index in [9.17, 15) is 0 Å². The molecule has 0 atom stereocenters. The summed E-state index contributed by atoms with van der Waals surface area (Å²) < 4.78 is 0. The van der Waals surface area contributed by atoms with E-state index in [4.69, 9.17) is 5.73 Å². The van der Waals surface area contributed by atoms with E-state index in [1.54, 1.807) is 0 Å². The van der Waals surface area contributed by atoms with Crippen LogP contribution in [0.15, 0.2) is 18.2 Å². The molecule has 2 aliphatic heterocycles. The van der Waals surface area contributed by atoms with Gasteiger partial charge in [-0.2, -0.15) is 0 Å². The van der Waals surface area contributed by atoms with Crippen molar-refractivity contribution in [2.75, 3.05) is 63.5 Å². The Balaban J connectivity index is 1.58. The van der Waals surface area contributed by atoms with E-state index in [0.29, 0.717) is 0 Å². The largest absolute Gasteiger partial charge is 0.397 e. The minimum absolute atomic E-state index is 0.938. The number of rotatable bonds is 3. The molecule has 4 heteroatoms. The molecule has 19 heavy (non-hydrogen) atoms. The van der Waals surface area contributed by atoms with E-state index in [2.05, 4.69) is 33.9 Å². The van der Waals surface area contributed by atoms with E-state index in [1.165, 1.54) is 37.4 Å². The van der Waals surface area contributed by atoms with Gasteiger partial charge in [0.25, 0.3) is 0 Å². The molecule has 0 saturated carbocycles. The van der Waals surface area contributed by atoms with E-state index in [0.717, 1.165) is 31.7 Å². The number of benzene rings is 1. The summed E-state index contributed by atoms with van der Waals surface area (Å²) in [5.41, 5.74) is 9.77. The van der Waals surface area contributed by atoms with E-state index in [1.807, 2.05) is 6.07 Å². The summed E-state index contributed by atoms with van der Waals surface area (Å²) in [4.78, 5) is 7.43. The highest BCUT2D eigenvalue weighted by Gasteiger charge is 2.22. The van der Waals surface area contributed by atoms with Crippen LogP contribution in [-0.2, 0) is 6.42 Å². The number of nitrogens with two attached hydrogens (primary N) is 1. The first-order valence-corrected chi connectivity index (χ1v) is 7.27. The Labute approximate surface area is 115 Å². The minimum Gasteiger partial charge on any atom is -0.397 e. The van der Waals surface area contributed by atoms with Gasteiger partial charge in [-0.1, -0.05) is 12.1 Å². The van der Waals surface area contributed by atoms with Crippen LogP contribution in [0, 0.1) is 0 Å². The summed E-state index contributed by atoms with van der Waals surface area (Å²) in [6, 6.07) is 6.30. The maximum absolute atomic E-state index is 6.13. The maximum atomic E-state index is 6.13. The molecular formula is C15H24N4. The second-order valence-corrected chi connectivity index (χ2v) is 5.74. The van der Waals surface area contributed by atoms with Crippen LogP contribution >= 0.6 is 0 Å². The Morgan fingerprint density at radius 1 is 1.05 bits per heavy atom. The zero-order valence-electron chi connectivity index (χ0n) is 11.8. The van der Waals surface area contributed by atoms with Gasteiger partial charge < -0.3 is 15.5 Å². The molecule has 104 valence electrons. The predicted octanol–water partition coefficient (Wildman–Crippen LogP) is 0.879. The van der Waals surface area contributed by atoms with Crippen LogP contribution in [0.3, 0.4) is 0 Å². The summed E-state index contributed by atoms with van der Waals surface area (Å²) in [6.45, 7) is 8.16. The second-order valence-electron chi connectivity index (χ2n) is 5.74. The summed E-state index contributed by atoms with van der Waals surface area (Å²) >= 11 is 0. The van der Waals surface area contributed by atoms with Crippen molar-refractivity contribution in [1.82, 2.24) is 9.80 Å². The first-order valence-electron chi connectivity index (χ1n) is 7.27. The minimum atomic E-state index is 0.938. The average Bonchev–Trinajstić information content (AvgIpc) is 2.83. The number of hydrogen-bond acceptors (Lipinski definition) is 4. The Bertz CT molecular complexity index is 438. The van der Waals surface area contributed by atoms with Crippen LogP contribution < -0.4 is 10.6 Å². The average molecular weight is 260 g/mol. The summed E-state index contributed by atoms with van der Waals surface area (Å²) in [5.74, 6) is 0. The van der Waals surface area contributed by atoms with Crippen molar-refractivity contribution in [3.8, 4) is 0 Å². The molecule has 1 saturated heterocycles. The second kappa shape index (κ2) is 5.39. The number of hydrogen-bond donors (Lipinski definition) is 1. The van der Waals surface area contributed by atoms with Gasteiger partial charge in [0, 0.05) is 45.8 Å². The van der Waals surface area contributed by atoms with Crippen molar-refractivity contribution in [3.63, 3.8) is 0 Å². The van der Waals surface area contributed by atoms with Crippen molar-refractivity contribution in [1.29, 1.82) is 0 Å². The topological polar surface area (TPSA) is 35.7 Å². The fourth-order valence-corrected chi connectivity index (χ4v) is 3.12. The predicted molar refractivity (Wildman–Crippen MR) is 80.7 cm³/mol. The third-order valence-corrected chi connectivity index (χ3v) is 4.40. The fraction of sp³-hybridized carbons (Fsp3) is 0.600. The highest BCUT2D eigenvalue weighted by atomic mass is 15.3. The summed E-state index contributed by atoms with van der Waals surface area (Å²) in [6.07, 6.45) is 1.14. The molecule has 3 rings (SSSR count). The van der Waals surface area contributed by atoms with Gasteiger partial charge >= 0.3 is 0 Å². The zero-order valence-corrected chi connectivity index (χ0v) is 11.8. The normalized spacial score (nSPS) is 20.8. The molecule has 0 radical (unpaired) electrons. The monoisotopic (exact) mass is 260 g/mol. The molecule has 0 unspecified atom stereocenters. The van der Waals surface area contributed by atoms with Gasteiger partial charge in [-0.05, 0) is 25.1 Å². The van der Waals surface area contributed by atoms with Crippen molar-refractivity contribution in [3.05, 3.63) is 23.8 Å². The van der Waals surface area contributed by atoms with Gasteiger partial charge in [0.15, 0.2) is 0 Å². The van der Waals surface area contributed by atoms with Gasteiger partial charge in [-0.15, -0.1) is 0 Å². The van der Waals surface area contributed by atoms with Crippen LogP contribution in [-0.4, -0.2) is 62.7 Å². The molecule has 4 nitrogen and oxygen atoms in total. The SMILES string of the molecule is CN1CCN(CCN2CCc3cccc(N)c32)CC1. The number of likely N-dealkylation sites (N-methyl/N-ethyl adjacent to an activating group) is 1. The van der Waals surface area contributed by atoms with E-state index >= 15 is 0 Å². The van der Waals surface area contributed by atoms with Gasteiger partial charge in [-0.25, -0.2) is 0 Å². The van der Waals surface area contributed by atoms with Crippen LogP contribution in [0.5, 0.6) is 0 Å². The summed E-state index contributed by atoms with van der Waals surface area (Å²) in [7, 11) is 2.20. The van der Waals surface area contributed by atoms with Crippen LogP contribution in [0.25, 0.3) is 0 Å². The van der Waals surface area contributed by atoms with Crippen LogP contribution in [0.1, 0.15) is 5.56 Å². The lowest BCUT2D eigenvalue weighted by Gasteiger charge is -2.33. The van der Waals surface area contributed by atoms with E-state index in [-0.39, 0.29) is 0 Å². The first-order chi connectivity index (χ1) is 9.24. The van der Waals surface area contributed by atoms with Gasteiger partial charge in [0.1, 0.15) is 0 Å². The molecule has 2 aliphatic rings. The fourth-order valence-electron chi connectivity index (χ4n) is 3.12. The highest BCUT2D eigenvalue weighted by Crippen LogP contribution is 2.33. The number of piperazine rings is 1. The Morgan fingerprint density at radius 2 is 1.84 bits per heavy atom. The van der Waals surface area contributed by atoms with Crippen LogP contribution in [0.2, 0.25) is 0 Å². The molecule has 1 fully saturated rings. The lowest BCUT2D eigenvalue weighted by Crippen LogP contribution is -2.46. The number of para-hydroxylation sites is 1. The first kappa shape index (κ1) is 12.8. The zero-order chi connectivity index (χ0) is 13.2.